The number of anilines is 2. The lowest BCUT2D eigenvalue weighted by Gasteiger charge is -2.36. The number of nitrogens with two attached hydrogens (primary N) is 1. The Balaban J connectivity index is 0.690. The Kier molecular flexibility index (Phi) is 12.2. The molecular formula is C45H50N10O7. The molecule has 2 unspecified atom stereocenters. The van der Waals surface area contributed by atoms with Gasteiger partial charge in [0.25, 0.3) is 11.8 Å². The number of aromatic nitrogens is 4. The number of benzene rings is 3. The third-order valence-electron chi connectivity index (χ3n) is 12.1. The van der Waals surface area contributed by atoms with E-state index in [2.05, 4.69) is 30.0 Å². The zero-order valence-corrected chi connectivity index (χ0v) is 34.5. The molecule has 3 aromatic carbocycles. The third-order valence-corrected chi connectivity index (χ3v) is 12.1. The summed E-state index contributed by atoms with van der Waals surface area (Å²) in [4.78, 5) is 67.3. The molecule has 0 radical (unpaired) electrons. The first-order chi connectivity index (χ1) is 30.3. The Morgan fingerprint density at radius 3 is 2.23 bits per heavy atom. The number of nitrogens with one attached hydrogen (secondary N) is 1. The van der Waals surface area contributed by atoms with Crippen molar-refractivity contribution in [3.63, 3.8) is 0 Å². The van der Waals surface area contributed by atoms with Gasteiger partial charge in [-0.3, -0.25) is 39.2 Å². The van der Waals surface area contributed by atoms with Crippen molar-refractivity contribution < 1.29 is 33.4 Å². The lowest BCUT2D eigenvalue weighted by atomic mass is 10.0. The number of rotatable bonds is 15. The molecule has 5 aromatic rings. The Bertz CT molecular complexity index is 2440. The number of fused-ring (bicyclic) bond motifs is 2. The van der Waals surface area contributed by atoms with E-state index in [9.17, 15) is 19.2 Å². The maximum Gasteiger partial charge on any atom is 0.262 e. The summed E-state index contributed by atoms with van der Waals surface area (Å²) in [5.74, 6) is -0.0875. The van der Waals surface area contributed by atoms with Crippen molar-refractivity contribution in [1.82, 2.24) is 39.8 Å². The zero-order chi connectivity index (χ0) is 42.6. The largest absolute Gasteiger partial charge is 0.457 e. The molecule has 0 saturated carbocycles. The van der Waals surface area contributed by atoms with Gasteiger partial charge in [-0.25, -0.2) is 14.6 Å². The molecule has 17 nitrogen and oxygen atoms in total. The number of nitrogens with zero attached hydrogens (tertiary/aromatic N) is 8. The topological polar surface area (TPSA) is 191 Å². The highest BCUT2D eigenvalue weighted by Gasteiger charge is 2.45. The molecule has 4 aliphatic rings. The molecule has 0 spiro atoms. The molecule has 3 saturated heterocycles. The molecule has 3 fully saturated rings. The molecule has 9 rings (SSSR count). The number of nitrogen functional groups attached to an aromatic ring is 1. The normalized spacial score (nSPS) is 19.9. The Hall–Kier alpha value is -6.27. The molecule has 2 aromatic heterocycles. The number of ether oxygens (including phenoxy) is 3. The minimum absolute atomic E-state index is 0.0889. The van der Waals surface area contributed by atoms with Gasteiger partial charge in [-0.1, -0.05) is 18.2 Å². The molecule has 4 amide bonds. The summed E-state index contributed by atoms with van der Waals surface area (Å²) in [7, 11) is 0. The second-order valence-electron chi connectivity index (χ2n) is 16.0. The average molecular weight is 843 g/mol. The number of carbonyl (C=O) groups is 4. The molecular weight excluding hydrogens is 793 g/mol. The van der Waals surface area contributed by atoms with E-state index in [4.69, 9.17) is 25.0 Å². The summed E-state index contributed by atoms with van der Waals surface area (Å²) in [5, 5.41) is 8.08. The highest BCUT2D eigenvalue weighted by atomic mass is 16.5. The third kappa shape index (κ3) is 8.74. The van der Waals surface area contributed by atoms with Gasteiger partial charge in [0.05, 0.1) is 49.0 Å². The Morgan fingerprint density at radius 1 is 0.742 bits per heavy atom. The minimum atomic E-state index is -0.977. The number of imide groups is 2. The van der Waals surface area contributed by atoms with E-state index in [-0.39, 0.29) is 24.4 Å². The number of para-hydroxylation sites is 1. The van der Waals surface area contributed by atoms with E-state index in [0.29, 0.717) is 37.8 Å². The molecule has 3 N–H and O–H groups in total. The number of hydrogen-bond acceptors (Lipinski definition) is 14. The van der Waals surface area contributed by atoms with Crippen LogP contribution in [0.1, 0.15) is 52.4 Å². The summed E-state index contributed by atoms with van der Waals surface area (Å²) in [6.07, 6.45) is 3.74. The van der Waals surface area contributed by atoms with Gasteiger partial charge in [-0.15, -0.1) is 0 Å². The van der Waals surface area contributed by atoms with Crippen LogP contribution in [0.15, 0.2) is 79.1 Å². The first kappa shape index (κ1) is 41.1. The van der Waals surface area contributed by atoms with Gasteiger partial charge in [0, 0.05) is 63.5 Å². The van der Waals surface area contributed by atoms with Crippen LogP contribution >= 0.6 is 0 Å². The quantitative estimate of drug-likeness (QED) is 0.114. The fourth-order valence-corrected chi connectivity index (χ4v) is 8.79. The highest BCUT2D eigenvalue weighted by Crippen LogP contribution is 2.35. The van der Waals surface area contributed by atoms with Crippen LogP contribution < -0.4 is 20.7 Å². The van der Waals surface area contributed by atoms with Gasteiger partial charge in [-0.05, 0) is 80.4 Å². The van der Waals surface area contributed by atoms with Crippen LogP contribution in [0.4, 0.5) is 11.5 Å². The Labute approximate surface area is 358 Å². The van der Waals surface area contributed by atoms with Gasteiger partial charge in [-0.2, -0.15) is 5.10 Å². The smallest absolute Gasteiger partial charge is 0.262 e. The SMILES string of the molecule is Nc1ncnc2c1c(-c1ccc(Oc3ccccc3)cc1)nn2C1CCCN(CCOCCOCCN2CCN(c3ccc4c(c3)C(=O)N(C3CCC(=O)NC3=O)C4=O)CC2)C1. The number of piperazine rings is 1. The van der Waals surface area contributed by atoms with Crippen molar-refractivity contribution in [1.29, 1.82) is 0 Å². The van der Waals surface area contributed by atoms with E-state index >= 15 is 0 Å². The van der Waals surface area contributed by atoms with E-state index in [1.54, 1.807) is 12.1 Å². The number of carbonyl (C=O) groups excluding carboxylic acids is 4. The van der Waals surface area contributed by atoms with Gasteiger partial charge in [0.15, 0.2) is 5.65 Å². The molecule has 6 heterocycles. The van der Waals surface area contributed by atoms with Crippen LogP contribution in [0.3, 0.4) is 0 Å². The van der Waals surface area contributed by atoms with E-state index < -0.39 is 29.7 Å². The number of amides is 4. The maximum absolute atomic E-state index is 13.3. The first-order valence-electron chi connectivity index (χ1n) is 21.3. The van der Waals surface area contributed by atoms with Crippen LogP contribution in [-0.2, 0) is 19.1 Å². The van der Waals surface area contributed by atoms with Crippen LogP contribution in [0, 0.1) is 0 Å². The van der Waals surface area contributed by atoms with Crippen LogP contribution in [0.2, 0.25) is 0 Å². The molecule has 0 aliphatic carbocycles. The molecule has 62 heavy (non-hydrogen) atoms. The van der Waals surface area contributed by atoms with E-state index in [0.717, 1.165) is 110 Å². The summed E-state index contributed by atoms with van der Waals surface area (Å²) in [6.45, 7) is 8.84. The standard InChI is InChI=1S/C45H50N10O7/c46-41-39-40(30-8-11-34(12-9-30)62-33-6-2-1-3-7-33)50-55(42(39)48-29-47-41)32-5-4-16-52(28-32)22-24-61-26-25-60-23-21-51-17-19-53(20-18-51)31-10-13-35-36(27-31)45(59)54(44(35)58)37-14-15-38(56)49-43(37)57/h1-3,6-13,27,29,32,37H,4-5,14-26,28H2,(H2,46,47,48)(H,49,56,57). The van der Waals surface area contributed by atoms with E-state index in [1.165, 1.54) is 6.33 Å². The predicted molar refractivity (Wildman–Crippen MR) is 230 cm³/mol. The first-order valence-corrected chi connectivity index (χ1v) is 21.3. The maximum atomic E-state index is 13.3. The minimum Gasteiger partial charge on any atom is -0.457 e. The molecule has 4 aliphatic heterocycles. The Morgan fingerprint density at radius 2 is 1.47 bits per heavy atom. The van der Waals surface area contributed by atoms with E-state index in [1.807, 2.05) is 65.3 Å². The second kappa shape index (κ2) is 18.4. The predicted octanol–water partition coefficient (Wildman–Crippen LogP) is 3.76. The summed E-state index contributed by atoms with van der Waals surface area (Å²) >= 11 is 0. The van der Waals surface area contributed by atoms with Crippen molar-refractivity contribution >= 4 is 46.2 Å². The fourth-order valence-electron chi connectivity index (χ4n) is 8.79. The van der Waals surface area contributed by atoms with Crippen LogP contribution in [0.25, 0.3) is 22.3 Å². The van der Waals surface area contributed by atoms with Crippen molar-refractivity contribution in [3.05, 3.63) is 90.3 Å². The van der Waals surface area contributed by atoms with Crippen molar-refractivity contribution in [3.8, 4) is 22.8 Å². The highest BCUT2D eigenvalue weighted by molar-refractivity contribution is 6.23. The van der Waals surface area contributed by atoms with Crippen molar-refractivity contribution in [2.75, 3.05) is 89.4 Å². The lowest BCUT2D eigenvalue weighted by molar-refractivity contribution is -0.136. The number of hydrogen-bond donors (Lipinski definition) is 2. The van der Waals surface area contributed by atoms with Gasteiger partial charge in [0.2, 0.25) is 11.8 Å². The monoisotopic (exact) mass is 842 g/mol. The molecule has 17 heteroatoms. The molecule has 0 bridgehead atoms. The molecule has 322 valence electrons. The van der Waals surface area contributed by atoms with Crippen LogP contribution in [-0.4, -0.2) is 143 Å². The number of piperidine rings is 2. The van der Waals surface area contributed by atoms with Crippen molar-refractivity contribution in [2.24, 2.45) is 0 Å². The second-order valence-corrected chi connectivity index (χ2v) is 16.0. The lowest BCUT2D eigenvalue weighted by Crippen LogP contribution is -2.54. The van der Waals surface area contributed by atoms with Gasteiger partial charge < -0.3 is 24.8 Å². The van der Waals surface area contributed by atoms with Crippen molar-refractivity contribution in [2.45, 2.75) is 37.8 Å². The van der Waals surface area contributed by atoms with Gasteiger partial charge in [0.1, 0.15) is 35.4 Å². The van der Waals surface area contributed by atoms with Crippen LogP contribution in [0.5, 0.6) is 11.5 Å². The number of likely N-dealkylation sites (tertiary alicyclic amines) is 1. The van der Waals surface area contributed by atoms with Gasteiger partial charge >= 0.3 is 0 Å². The average Bonchev–Trinajstić information content (AvgIpc) is 3.80. The summed E-state index contributed by atoms with van der Waals surface area (Å²) in [6, 6.07) is 21.9. The zero-order valence-electron chi connectivity index (χ0n) is 34.5. The summed E-state index contributed by atoms with van der Waals surface area (Å²) in [5.41, 5.74) is 10.3. The fraction of sp³-hybridized carbons (Fsp3) is 0.400. The molecule has 2 atom stereocenters. The summed E-state index contributed by atoms with van der Waals surface area (Å²) < 4.78 is 19.9.